The number of nitrogens with zero attached hydrogens (tertiary/aromatic N) is 1. The molecule has 1 amide bonds. The summed E-state index contributed by atoms with van der Waals surface area (Å²) in [6, 6.07) is 12.9. The molecule has 2 unspecified atom stereocenters. The number of benzene rings is 2. The van der Waals surface area contributed by atoms with Gasteiger partial charge in [0.15, 0.2) is 11.5 Å². The summed E-state index contributed by atoms with van der Waals surface area (Å²) in [5.41, 5.74) is 7.87. The summed E-state index contributed by atoms with van der Waals surface area (Å²) in [6.07, 6.45) is -4.60. The molecule has 3 aliphatic rings. The van der Waals surface area contributed by atoms with Crippen molar-refractivity contribution in [1.29, 1.82) is 0 Å². The Kier molecular flexibility index (Phi) is 4.49. The van der Waals surface area contributed by atoms with Crippen molar-refractivity contribution in [1.82, 2.24) is 5.32 Å². The number of anilines is 1. The number of hydrogen-bond donors (Lipinski definition) is 2. The summed E-state index contributed by atoms with van der Waals surface area (Å²) in [4.78, 5) is 15.6. The molecule has 3 aromatic rings. The van der Waals surface area contributed by atoms with Crippen LogP contribution in [0.4, 0.5) is 18.9 Å². The fourth-order valence-electron chi connectivity index (χ4n) is 5.19. The number of hydrogen-bond acceptors (Lipinski definition) is 6. The zero-order chi connectivity index (χ0) is 23.7. The summed E-state index contributed by atoms with van der Waals surface area (Å²) in [5, 5.41) is 3.39. The van der Waals surface area contributed by atoms with Crippen LogP contribution in [0.1, 0.15) is 34.3 Å². The standard InChI is InChI=1S/C24H20F3N3O4/c25-24(26,27)21-6-5-13(34-21)10-30-18-4-2-1-3-15(18)23(22(30)31)11-29-17(9-28)14-7-19-20(8-16(14)23)33-12-32-19/h1-8,17,29H,9-12,28H2. The first-order valence-electron chi connectivity index (χ1n) is 10.8. The molecule has 7 nitrogen and oxygen atoms in total. The third-order valence-corrected chi connectivity index (χ3v) is 6.75. The minimum absolute atomic E-state index is 0.0436. The van der Waals surface area contributed by atoms with Crippen LogP contribution in [0, 0.1) is 0 Å². The minimum Gasteiger partial charge on any atom is -0.455 e. The molecule has 176 valence electrons. The number of halogens is 3. The van der Waals surface area contributed by atoms with Gasteiger partial charge < -0.3 is 29.8 Å². The summed E-state index contributed by atoms with van der Waals surface area (Å²) < 4.78 is 55.3. The van der Waals surface area contributed by atoms with E-state index < -0.39 is 17.4 Å². The summed E-state index contributed by atoms with van der Waals surface area (Å²) in [7, 11) is 0. The molecule has 1 spiro atoms. The Bertz CT molecular complexity index is 1300. The third-order valence-electron chi connectivity index (χ3n) is 6.75. The number of furan rings is 1. The molecule has 3 N–H and O–H groups in total. The van der Waals surface area contributed by atoms with Crippen LogP contribution in [0.5, 0.6) is 11.5 Å². The topological polar surface area (TPSA) is 90.0 Å². The number of rotatable bonds is 3. The number of alkyl halides is 3. The number of amides is 1. The number of carbonyl (C=O) groups excluding carboxylic acids is 1. The lowest BCUT2D eigenvalue weighted by Crippen LogP contribution is -2.53. The number of nitrogens with one attached hydrogen (secondary N) is 1. The van der Waals surface area contributed by atoms with Crippen LogP contribution in [0.2, 0.25) is 0 Å². The van der Waals surface area contributed by atoms with Crippen LogP contribution in [0.3, 0.4) is 0 Å². The van der Waals surface area contributed by atoms with Crippen LogP contribution in [0.25, 0.3) is 0 Å². The Morgan fingerprint density at radius 3 is 2.59 bits per heavy atom. The highest BCUT2D eigenvalue weighted by Crippen LogP contribution is 2.52. The van der Waals surface area contributed by atoms with Gasteiger partial charge in [0.2, 0.25) is 18.5 Å². The molecule has 4 heterocycles. The number of ether oxygens (including phenoxy) is 2. The predicted molar refractivity (Wildman–Crippen MR) is 114 cm³/mol. The average Bonchev–Trinajstić information content (AvgIpc) is 3.53. The Hall–Kier alpha value is -3.50. The van der Waals surface area contributed by atoms with Gasteiger partial charge >= 0.3 is 6.18 Å². The summed E-state index contributed by atoms with van der Waals surface area (Å²) in [6.45, 7) is 0.547. The molecule has 2 atom stereocenters. The quantitative estimate of drug-likeness (QED) is 0.608. The minimum atomic E-state index is -4.60. The maximum Gasteiger partial charge on any atom is 0.449 e. The first-order chi connectivity index (χ1) is 16.3. The molecule has 0 fully saturated rings. The summed E-state index contributed by atoms with van der Waals surface area (Å²) >= 11 is 0. The highest BCUT2D eigenvalue weighted by molar-refractivity contribution is 6.11. The smallest absolute Gasteiger partial charge is 0.449 e. The van der Waals surface area contributed by atoms with Gasteiger partial charge in [-0.25, -0.2) is 0 Å². The first kappa shape index (κ1) is 21.1. The van der Waals surface area contributed by atoms with Crippen LogP contribution in [-0.4, -0.2) is 25.8 Å². The van der Waals surface area contributed by atoms with Gasteiger partial charge in [-0.05, 0) is 47.0 Å². The Morgan fingerprint density at radius 2 is 1.85 bits per heavy atom. The fourth-order valence-corrected chi connectivity index (χ4v) is 5.19. The van der Waals surface area contributed by atoms with Crippen LogP contribution in [-0.2, 0) is 22.9 Å². The van der Waals surface area contributed by atoms with Crippen molar-refractivity contribution in [3.05, 3.63) is 76.7 Å². The number of nitrogens with two attached hydrogens (primary N) is 1. The second-order valence-electron chi connectivity index (χ2n) is 8.54. The largest absolute Gasteiger partial charge is 0.455 e. The Labute approximate surface area is 192 Å². The van der Waals surface area contributed by atoms with E-state index in [2.05, 4.69) is 5.32 Å². The van der Waals surface area contributed by atoms with Crippen LogP contribution < -0.4 is 25.4 Å². The van der Waals surface area contributed by atoms with E-state index in [1.807, 2.05) is 24.3 Å². The van der Waals surface area contributed by atoms with Crippen molar-refractivity contribution in [2.45, 2.75) is 24.2 Å². The molecular formula is C24H20F3N3O4. The molecule has 0 bridgehead atoms. The highest BCUT2D eigenvalue weighted by Gasteiger charge is 2.55. The third kappa shape index (κ3) is 2.88. The molecule has 0 saturated carbocycles. The van der Waals surface area contributed by atoms with E-state index in [9.17, 15) is 18.0 Å². The number of para-hydroxylation sites is 1. The van der Waals surface area contributed by atoms with Gasteiger partial charge in [0.1, 0.15) is 11.2 Å². The molecule has 0 saturated heterocycles. The summed E-state index contributed by atoms with van der Waals surface area (Å²) in [5.74, 6) is -0.189. The van der Waals surface area contributed by atoms with E-state index in [-0.39, 0.29) is 37.6 Å². The number of fused-ring (bicyclic) bond motifs is 5. The van der Waals surface area contributed by atoms with Gasteiger partial charge in [-0.1, -0.05) is 18.2 Å². The van der Waals surface area contributed by atoms with Gasteiger partial charge in [0, 0.05) is 24.8 Å². The Balaban J connectivity index is 1.48. The maximum absolute atomic E-state index is 14.1. The Morgan fingerprint density at radius 1 is 1.09 bits per heavy atom. The number of carbonyl (C=O) groups is 1. The maximum atomic E-state index is 14.1. The molecule has 1 aromatic heterocycles. The van der Waals surface area contributed by atoms with Crippen molar-refractivity contribution in [3.8, 4) is 11.5 Å². The van der Waals surface area contributed by atoms with Crippen molar-refractivity contribution in [2.75, 3.05) is 24.8 Å². The van der Waals surface area contributed by atoms with E-state index in [1.165, 1.54) is 11.0 Å². The lowest BCUT2D eigenvalue weighted by Gasteiger charge is -2.39. The molecule has 3 aliphatic heterocycles. The average molecular weight is 471 g/mol. The lowest BCUT2D eigenvalue weighted by atomic mass is 9.70. The SMILES string of the molecule is NCC1NCC2(C(=O)N(Cc3ccc(C(F)(F)F)o3)c3ccccc32)c2cc3c(cc21)OCO3. The zero-order valence-corrected chi connectivity index (χ0v) is 17.8. The van der Waals surface area contributed by atoms with Crippen LogP contribution >= 0.6 is 0 Å². The van der Waals surface area contributed by atoms with E-state index >= 15 is 0 Å². The van der Waals surface area contributed by atoms with Crippen LogP contribution in [0.15, 0.2) is 52.9 Å². The molecule has 10 heteroatoms. The van der Waals surface area contributed by atoms with Crippen molar-refractivity contribution in [3.63, 3.8) is 0 Å². The van der Waals surface area contributed by atoms with Gasteiger partial charge in [0.05, 0.1) is 6.54 Å². The van der Waals surface area contributed by atoms with Gasteiger partial charge in [-0.15, -0.1) is 0 Å². The first-order valence-corrected chi connectivity index (χ1v) is 10.8. The highest BCUT2D eigenvalue weighted by atomic mass is 19.4. The fraction of sp³-hybridized carbons (Fsp3) is 0.292. The predicted octanol–water partition coefficient (Wildman–Crippen LogP) is 3.46. The van der Waals surface area contributed by atoms with Crippen molar-refractivity contribution < 1.29 is 31.9 Å². The van der Waals surface area contributed by atoms with E-state index in [0.29, 0.717) is 23.7 Å². The van der Waals surface area contributed by atoms with Gasteiger partial charge in [-0.3, -0.25) is 4.79 Å². The second-order valence-corrected chi connectivity index (χ2v) is 8.54. The van der Waals surface area contributed by atoms with E-state index in [4.69, 9.17) is 19.6 Å². The molecule has 34 heavy (non-hydrogen) atoms. The zero-order valence-electron chi connectivity index (χ0n) is 17.8. The molecular weight excluding hydrogens is 451 g/mol. The van der Waals surface area contributed by atoms with Gasteiger partial charge in [-0.2, -0.15) is 13.2 Å². The van der Waals surface area contributed by atoms with E-state index in [1.54, 1.807) is 12.1 Å². The molecule has 6 rings (SSSR count). The molecule has 0 radical (unpaired) electrons. The second kappa shape index (κ2) is 7.25. The lowest BCUT2D eigenvalue weighted by molar-refractivity contribution is -0.153. The van der Waals surface area contributed by atoms with E-state index in [0.717, 1.165) is 22.8 Å². The molecule has 0 aliphatic carbocycles. The van der Waals surface area contributed by atoms with Gasteiger partial charge in [0.25, 0.3) is 0 Å². The monoisotopic (exact) mass is 471 g/mol. The van der Waals surface area contributed by atoms with Crippen molar-refractivity contribution in [2.24, 2.45) is 5.73 Å². The molecule has 2 aromatic carbocycles. The normalized spacial score (nSPS) is 22.9. The van der Waals surface area contributed by atoms with Crippen molar-refractivity contribution >= 4 is 11.6 Å².